The maximum atomic E-state index is 5.34. The van der Waals surface area contributed by atoms with Crippen LogP contribution in [0, 0.1) is 12.3 Å². The molecular weight excluding hydrogens is 222 g/mol. The van der Waals surface area contributed by atoms with Gasteiger partial charge in [0.25, 0.3) is 0 Å². The molecule has 1 rings (SSSR count). The van der Waals surface area contributed by atoms with E-state index in [-0.39, 0.29) is 0 Å². The van der Waals surface area contributed by atoms with Gasteiger partial charge < -0.3 is 10.2 Å². The normalized spacial score (nSPS) is 19.9. The van der Waals surface area contributed by atoms with E-state index >= 15 is 0 Å². The Labute approximate surface area is 113 Å². The van der Waals surface area contributed by atoms with Crippen molar-refractivity contribution in [1.29, 1.82) is 0 Å². The van der Waals surface area contributed by atoms with Crippen molar-refractivity contribution >= 4 is 0 Å². The molecule has 1 N–H and O–H groups in total. The van der Waals surface area contributed by atoms with Crippen LogP contribution in [0.5, 0.6) is 0 Å². The topological polar surface area (TPSA) is 18.5 Å². The van der Waals surface area contributed by atoms with E-state index in [4.69, 9.17) is 6.42 Å². The van der Waals surface area contributed by atoms with E-state index < -0.39 is 0 Å². The molecule has 18 heavy (non-hydrogen) atoms. The molecule has 0 amide bonds. The molecule has 0 bridgehead atoms. The van der Waals surface area contributed by atoms with Crippen LogP contribution in [-0.4, -0.2) is 61.7 Å². The highest BCUT2D eigenvalue weighted by atomic mass is 15.2. The second-order valence-corrected chi connectivity index (χ2v) is 5.45. The second kappa shape index (κ2) is 8.53. The smallest absolute Gasteiger partial charge is 0.0598 e. The number of nitrogens with one attached hydrogen (secondary N) is 1. The van der Waals surface area contributed by atoms with Crippen LogP contribution >= 0.6 is 0 Å². The van der Waals surface area contributed by atoms with Gasteiger partial charge in [-0.05, 0) is 33.2 Å². The van der Waals surface area contributed by atoms with Gasteiger partial charge in [-0.2, -0.15) is 0 Å². The zero-order chi connectivity index (χ0) is 13.4. The first-order valence-electron chi connectivity index (χ1n) is 7.26. The minimum absolute atomic E-state index is 0.685. The van der Waals surface area contributed by atoms with Crippen LogP contribution in [0.15, 0.2) is 0 Å². The number of terminal acetylenes is 1. The number of hydrogen-bond acceptors (Lipinski definition) is 3. The number of hydrogen-bond donors (Lipinski definition) is 1. The molecule has 3 nitrogen and oxygen atoms in total. The summed E-state index contributed by atoms with van der Waals surface area (Å²) in [4.78, 5) is 4.80. The Morgan fingerprint density at radius 2 is 2.11 bits per heavy atom. The zero-order valence-corrected chi connectivity index (χ0v) is 12.3. The lowest BCUT2D eigenvalue weighted by Crippen LogP contribution is -2.45. The molecule has 1 saturated heterocycles. The van der Waals surface area contributed by atoms with Crippen molar-refractivity contribution < 1.29 is 0 Å². The molecule has 0 saturated carbocycles. The van der Waals surface area contributed by atoms with Crippen LogP contribution in [0.2, 0.25) is 0 Å². The van der Waals surface area contributed by atoms with Gasteiger partial charge in [0.2, 0.25) is 0 Å². The summed E-state index contributed by atoms with van der Waals surface area (Å²) in [5.74, 6) is 2.73. The summed E-state index contributed by atoms with van der Waals surface area (Å²) in [6.45, 7) is 9.87. The van der Waals surface area contributed by atoms with Crippen LogP contribution in [0.3, 0.4) is 0 Å². The van der Waals surface area contributed by atoms with E-state index in [1.54, 1.807) is 0 Å². The first-order valence-corrected chi connectivity index (χ1v) is 7.26. The number of likely N-dealkylation sites (tertiary alicyclic amines) is 1. The standard InChI is InChI=1S/C15H29N3/c1-5-10-18-11-7-15(8-12-18)16-9-13-17(4)14(3)6-2/h1,14-16H,6-13H2,2-4H3. The SMILES string of the molecule is C#CCN1CCC(NCCN(C)C(C)CC)CC1. The fraction of sp³-hybridized carbons (Fsp3) is 0.867. The number of nitrogens with zero attached hydrogens (tertiary/aromatic N) is 2. The highest BCUT2D eigenvalue weighted by molar-refractivity contribution is 4.90. The Hall–Kier alpha value is -0.560. The van der Waals surface area contributed by atoms with Gasteiger partial charge in [-0.15, -0.1) is 6.42 Å². The maximum absolute atomic E-state index is 5.34. The van der Waals surface area contributed by atoms with Crippen LogP contribution in [0.1, 0.15) is 33.1 Å². The van der Waals surface area contributed by atoms with Crippen molar-refractivity contribution in [3.8, 4) is 12.3 Å². The van der Waals surface area contributed by atoms with Crippen molar-refractivity contribution in [3.05, 3.63) is 0 Å². The van der Waals surface area contributed by atoms with E-state index in [0.717, 1.165) is 32.7 Å². The van der Waals surface area contributed by atoms with Crippen molar-refractivity contribution in [2.24, 2.45) is 0 Å². The molecule has 0 spiro atoms. The summed E-state index contributed by atoms with van der Waals surface area (Å²) in [5.41, 5.74) is 0. The Morgan fingerprint density at radius 3 is 2.67 bits per heavy atom. The predicted octanol–water partition coefficient (Wildman–Crippen LogP) is 1.40. The summed E-state index contributed by atoms with van der Waals surface area (Å²) in [7, 11) is 2.21. The van der Waals surface area contributed by atoms with E-state index in [2.05, 4.69) is 41.9 Å². The van der Waals surface area contributed by atoms with Crippen LogP contribution in [-0.2, 0) is 0 Å². The van der Waals surface area contributed by atoms with Crippen molar-refractivity contribution in [2.75, 3.05) is 39.8 Å². The van der Waals surface area contributed by atoms with Crippen LogP contribution in [0.25, 0.3) is 0 Å². The molecule has 0 aromatic heterocycles. The fourth-order valence-electron chi connectivity index (χ4n) is 2.40. The Bertz CT molecular complexity index is 251. The Kier molecular flexibility index (Phi) is 7.34. The average molecular weight is 251 g/mol. The minimum atomic E-state index is 0.685. The van der Waals surface area contributed by atoms with E-state index in [1.165, 1.54) is 19.3 Å². The number of piperidine rings is 1. The van der Waals surface area contributed by atoms with Crippen LogP contribution in [0.4, 0.5) is 0 Å². The first kappa shape index (κ1) is 15.5. The summed E-state index contributed by atoms with van der Waals surface area (Å²) in [6, 6.07) is 1.37. The van der Waals surface area contributed by atoms with E-state index in [1.807, 2.05) is 0 Å². The third-order valence-corrected chi connectivity index (χ3v) is 4.14. The van der Waals surface area contributed by atoms with Gasteiger partial charge in [0, 0.05) is 38.3 Å². The quantitative estimate of drug-likeness (QED) is 0.690. The fourth-order valence-corrected chi connectivity index (χ4v) is 2.40. The highest BCUT2D eigenvalue weighted by Gasteiger charge is 2.17. The van der Waals surface area contributed by atoms with Crippen LogP contribution < -0.4 is 5.32 Å². The molecule has 0 aliphatic carbocycles. The predicted molar refractivity (Wildman–Crippen MR) is 78.7 cm³/mol. The Balaban J connectivity index is 2.09. The highest BCUT2D eigenvalue weighted by Crippen LogP contribution is 2.09. The van der Waals surface area contributed by atoms with Gasteiger partial charge in [0.15, 0.2) is 0 Å². The molecule has 0 aromatic rings. The molecule has 0 aromatic carbocycles. The summed E-state index contributed by atoms with van der Waals surface area (Å²) >= 11 is 0. The van der Waals surface area contributed by atoms with Crippen molar-refractivity contribution in [1.82, 2.24) is 15.1 Å². The van der Waals surface area contributed by atoms with Gasteiger partial charge in [0.05, 0.1) is 6.54 Å². The monoisotopic (exact) mass is 251 g/mol. The Morgan fingerprint density at radius 1 is 1.44 bits per heavy atom. The lowest BCUT2D eigenvalue weighted by atomic mass is 10.1. The third-order valence-electron chi connectivity index (χ3n) is 4.14. The molecule has 0 radical (unpaired) electrons. The largest absolute Gasteiger partial charge is 0.313 e. The lowest BCUT2D eigenvalue weighted by molar-refractivity contribution is 0.206. The maximum Gasteiger partial charge on any atom is 0.0598 e. The molecule has 1 aliphatic rings. The molecule has 3 heteroatoms. The minimum Gasteiger partial charge on any atom is -0.313 e. The molecule has 1 fully saturated rings. The van der Waals surface area contributed by atoms with E-state index in [0.29, 0.717) is 12.1 Å². The summed E-state index contributed by atoms with van der Waals surface area (Å²) in [5, 5.41) is 3.67. The zero-order valence-electron chi connectivity index (χ0n) is 12.3. The number of rotatable bonds is 7. The lowest BCUT2D eigenvalue weighted by Gasteiger charge is -2.32. The first-order chi connectivity index (χ1) is 8.67. The van der Waals surface area contributed by atoms with Gasteiger partial charge >= 0.3 is 0 Å². The number of likely N-dealkylation sites (N-methyl/N-ethyl adjacent to an activating group) is 1. The molecule has 104 valence electrons. The van der Waals surface area contributed by atoms with Gasteiger partial charge in [0.1, 0.15) is 0 Å². The van der Waals surface area contributed by atoms with Gasteiger partial charge in [-0.3, -0.25) is 4.90 Å². The molecule has 1 unspecified atom stereocenters. The third kappa shape index (κ3) is 5.39. The summed E-state index contributed by atoms with van der Waals surface area (Å²) in [6.07, 6.45) is 9.02. The second-order valence-electron chi connectivity index (χ2n) is 5.45. The van der Waals surface area contributed by atoms with Gasteiger partial charge in [-0.25, -0.2) is 0 Å². The molecule has 1 heterocycles. The van der Waals surface area contributed by atoms with Gasteiger partial charge in [-0.1, -0.05) is 12.8 Å². The summed E-state index contributed by atoms with van der Waals surface area (Å²) < 4.78 is 0. The van der Waals surface area contributed by atoms with Crippen molar-refractivity contribution in [3.63, 3.8) is 0 Å². The molecular formula is C15H29N3. The molecule has 1 aliphatic heterocycles. The average Bonchev–Trinajstić information content (AvgIpc) is 2.40. The van der Waals surface area contributed by atoms with Crippen molar-refractivity contribution in [2.45, 2.75) is 45.2 Å². The molecule has 1 atom stereocenters. The van der Waals surface area contributed by atoms with E-state index in [9.17, 15) is 0 Å².